The number of phenolic OH excluding ortho intramolecular Hbond substituents is 2. The van der Waals surface area contributed by atoms with Gasteiger partial charge in [0, 0.05) is 5.39 Å². The van der Waals surface area contributed by atoms with Gasteiger partial charge < -0.3 is 14.9 Å². The van der Waals surface area contributed by atoms with Gasteiger partial charge in [-0.3, -0.25) is 4.79 Å². The molecule has 0 fully saturated rings. The molecule has 17 heavy (non-hydrogen) atoms. The van der Waals surface area contributed by atoms with E-state index in [9.17, 15) is 19.4 Å². The topological polar surface area (TPSA) is 66.8 Å². The van der Waals surface area contributed by atoms with Crippen molar-refractivity contribution >= 4 is 28.8 Å². The standard InChI is InChI=1S/C11H6ClFO4/c12-9-6(13)2-1-5-3-7(15)11(17-4-14)10(16)8(5)9/h1-4,15-16H. The molecule has 0 saturated carbocycles. The predicted octanol–water partition coefficient (Wildman–Crippen LogP) is 2.58. The number of phenols is 2. The van der Waals surface area contributed by atoms with Crippen LogP contribution in [0.1, 0.15) is 0 Å². The van der Waals surface area contributed by atoms with Crippen LogP contribution in [0.15, 0.2) is 18.2 Å². The minimum Gasteiger partial charge on any atom is -0.504 e. The zero-order valence-electron chi connectivity index (χ0n) is 8.28. The van der Waals surface area contributed by atoms with Crippen molar-refractivity contribution in [3.8, 4) is 17.2 Å². The van der Waals surface area contributed by atoms with Gasteiger partial charge in [0.2, 0.25) is 5.75 Å². The van der Waals surface area contributed by atoms with E-state index in [4.69, 9.17) is 11.6 Å². The summed E-state index contributed by atoms with van der Waals surface area (Å²) in [5.41, 5.74) is 0. The van der Waals surface area contributed by atoms with E-state index >= 15 is 0 Å². The summed E-state index contributed by atoms with van der Waals surface area (Å²) in [7, 11) is 0. The Morgan fingerprint density at radius 1 is 1.35 bits per heavy atom. The zero-order chi connectivity index (χ0) is 12.6. The minimum atomic E-state index is -0.725. The van der Waals surface area contributed by atoms with E-state index in [0.29, 0.717) is 5.39 Å². The van der Waals surface area contributed by atoms with E-state index in [1.165, 1.54) is 12.1 Å². The number of hydrogen-bond donors (Lipinski definition) is 2. The molecule has 0 aliphatic rings. The van der Waals surface area contributed by atoms with Crippen LogP contribution in [-0.2, 0) is 4.79 Å². The van der Waals surface area contributed by atoms with E-state index in [1.54, 1.807) is 0 Å². The second-order valence-electron chi connectivity index (χ2n) is 3.25. The normalized spacial score (nSPS) is 10.5. The smallest absolute Gasteiger partial charge is 0.298 e. The Bertz CT molecular complexity index is 612. The van der Waals surface area contributed by atoms with Crippen molar-refractivity contribution in [2.75, 3.05) is 0 Å². The van der Waals surface area contributed by atoms with Crippen LogP contribution in [-0.4, -0.2) is 16.7 Å². The fourth-order valence-corrected chi connectivity index (χ4v) is 1.80. The first-order valence-electron chi connectivity index (χ1n) is 4.49. The molecule has 0 atom stereocenters. The monoisotopic (exact) mass is 256 g/mol. The number of ether oxygens (including phenoxy) is 1. The van der Waals surface area contributed by atoms with Gasteiger partial charge in [-0.1, -0.05) is 17.7 Å². The molecule has 0 aromatic heterocycles. The van der Waals surface area contributed by atoms with Gasteiger partial charge in [0.05, 0.1) is 5.02 Å². The summed E-state index contributed by atoms with van der Waals surface area (Å²) in [5.74, 6) is -2.21. The molecular weight excluding hydrogens is 251 g/mol. The van der Waals surface area contributed by atoms with Crippen LogP contribution in [0.4, 0.5) is 4.39 Å². The molecule has 0 radical (unpaired) electrons. The lowest BCUT2D eigenvalue weighted by Crippen LogP contribution is -1.91. The number of benzene rings is 2. The highest BCUT2D eigenvalue weighted by atomic mass is 35.5. The Morgan fingerprint density at radius 2 is 2.06 bits per heavy atom. The molecule has 0 unspecified atom stereocenters. The third-order valence-electron chi connectivity index (χ3n) is 2.27. The van der Waals surface area contributed by atoms with Crippen molar-refractivity contribution < 1.29 is 24.1 Å². The van der Waals surface area contributed by atoms with Crippen molar-refractivity contribution in [1.29, 1.82) is 0 Å². The maximum absolute atomic E-state index is 13.2. The summed E-state index contributed by atoms with van der Waals surface area (Å²) in [4.78, 5) is 10.2. The van der Waals surface area contributed by atoms with Crippen molar-refractivity contribution in [1.82, 2.24) is 0 Å². The molecule has 0 heterocycles. The minimum absolute atomic E-state index is 0.0266. The molecule has 0 aliphatic carbocycles. The molecular formula is C11H6ClFO4. The Labute approximate surface area is 99.8 Å². The molecule has 0 amide bonds. The third-order valence-corrected chi connectivity index (χ3v) is 2.64. The Hall–Kier alpha value is -2.01. The van der Waals surface area contributed by atoms with Gasteiger partial charge in [-0.15, -0.1) is 0 Å². The lowest BCUT2D eigenvalue weighted by molar-refractivity contribution is -0.120. The molecule has 2 aromatic carbocycles. The molecule has 6 heteroatoms. The first kappa shape index (κ1) is 11.5. The number of fused-ring (bicyclic) bond motifs is 1. The molecule has 0 aliphatic heterocycles. The largest absolute Gasteiger partial charge is 0.504 e. The molecule has 2 N–H and O–H groups in total. The summed E-state index contributed by atoms with van der Waals surface area (Å²) in [5, 5.41) is 19.3. The van der Waals surface area contributed by atoms with Crippen LogP contribution < -0.4 is 4.74 Å². The molecule has 88 valence electrons. The summed E-state index contributed by atoms with van der Waals surface area (Å²) < 4.78 is 17.6. The van der Waals surface area contributed by atoms with E-state index in [1.807, 2.05) is 0 Å². The molecule has 4 nitrogen and oxygen atoms in total. The van der Waals surface area contributed by atoms with Gasteiger partial charge >= 0.3 is 0 Å². The fourth-order valence-electron chi connectivity index (χ4n) is 1.54. The number of rotatable bonds is 2. The van der Waals surface area contributed by atoms with Crippen LogP contribution >= 0.6 is 11.6 Å². The lowest BCUT2D eigenvalue weighted by Gasteiger charge is -2.09. The molecule has 0 spiro atoms. The summed E-state index contributed by atoms with van der Waals surface area (Å²) in [6, 6.07) is 3.64. The zero-order valence-corrected chi connectivity index (χ0v) is 9.03. The Balaban J connectivity index is 2.88. The number of carbonyl (C=O) groups is 1. The first-order chi connectivity index (χ1) is 8.06. The van der Waals surface area contributed by atoms with Crippen LogP contribution in [0.25, 0.3) is 10.8 Å². The van der Waals surface area contributed by atoms with E-state index < -0.39 is 23.1 Å². The Morgan fingerprint density at radius 3 is 2.71 bits per heavy atom. The van der Waals surface area contributed by atoms with Gasteiger partial charge in [0.15, 0.2) is 11.5 Å². The van der Waals surface area contributed by atoms with Crippen molar-refractivity contribution in [2.24, 2.45) is 0 Å². The van der Waals surface area contributed by atoms with E-state index in [0.717, 1.165) is 6.07 Å². The maximum atomic E-state index is 13.2. The number of carbonyl (C=O) groups excluding carboxylic acids is 1. The second kappa shape index (κ2) is 4.10. The van der Waals surface area contributed by atoms with E-state index in [2.05, 4.69) is 4.74 Å². The number of halogens is 2. The number of hydrogen-bond acceptors (Lipinski definition) is 4. The fraction of sp³-hybridized carbons (Fsp3) is 0. The van der Waals surface area contributed by atoms with Gasteiger partial charge in [-0.2, -0.15) is 0 Å². The first-order valence-corrected chi connectivity index (χ1v) is 4.87. The molecule has 0 saturated heterocycles. The van der Waals surface area contributed by atoms with Crippen LogP contribution in [0, 0.1) is 5.82 Å². The molecule has 2 rings (SSSR count). The maximum Gasteiger partial charge on any atom is 0.298 e. The van der Waals surface area contributed by atoms with Crippen LogP contribution in [0.2, 0.25) is 5.02 Å². The highest BCUT2D eigenvalue weighted by Gasteiger charge is 2.18. The predicted molar refractivity (Wildman–Crippen MR) is 58.9 cm³/mol. The lowest BCUT2D eigenvalue weighted by atomic mass is 10.1. The van der Waals surface area contributed by atoms with Gasteiger partial charge in [0.1, 0.15) is 5.82 Å². The summed E-state index contributed by atoms with van der Waals surface area (Å²) in [6.45, 7) is 0.0355. The molecule has 2 aromatic rings. The highest BCUT2D eigenvalue weighted by molar-refractivity contribution is 6.36. The van der Waals surface area contributed by atoms with E-state index in [-0.39, 0.29) is 16.9 Å². The van der Waals surface area contributed by atoms with Crippen molar-refractivity contribution in [3.05, 3.63) is 29.0 Å². The average molecular weight is 257 g/mol. The quantitative estimate of drug-likeness (QED) is 0.811. The Kier molecular flexibility index (Phi) is 2.77. The van der Waals surface area contributed by atoms with Gasteiger partial charge in [0.25, 0.3) is 6.47 Å². The van der Waals surface area contributed by atoms with Gasteiger partial charge in [-0.05, 0) is 17.5 Å². The molecule has 0 bridgehead atoms. The highest BCUT2D eigenvalue weighted by Crippen LogP contribution is 2.45. The van der Waals surface area contributed by atoms with Crippen LogP contribution in [0.3, 0.4) is 0 Å². The third kappa shape index (κ3) is 1.74. The van der Waals surface area contributed by atoms with Crippen LogP contribution in [0.5, 0.6) is 17.2 Å². The SMILES string of the molecule is O=COc1c(O)cc2ccc(F)c(Cl)c2c1O. The summed E-state index contributed by atoms with van der Waals surface area (Å²) >= 11 is 5.70. The second-order valence-corrected chi connectivity index (χ2v) is 3.62. The average Bonchev–Trinajstić information content (AvgIpc) is 2.29. The van der Waals surface area contributed by atoms with Gasteiger partial charge in [-0.25, -0.2) is 4.39 Å². The number of aromatic hydroxyl groups is 2. The summed E-state index contributed by atoms with van der Waals surface area (Å²) in [6.07, 6.45) is 0. The van der Waals surface area contributed by atoms with Crippen molar-refractivity contribution in [3.63, 3.8) is 0 Å². The van der Waals surface area contributed by atoms with Crippen molar-refractivity contribution in [2.45, 2.75) is 0 Å².